The molecular formula is C14H24N6. The molecule has 0 radical (unpaired) electrons. The zero-order valence-electron chi connectivity index (χ0n) is 13.0. The lowest BCUT2D eigenvalue weighted by Crippen LogP contribution is -2.24. The van der Waals surface area contributed by atoms with Crippen molar-refractivity contribution in [2.45, 2.75) is 26.9 Å². The van der Waals surface area contributed by atoms with Gasteiger partial charge in [-0.2, -0.15) is 5.10 Å². The molecule has 0 fully saturated rings. The minimum Gasteiger partial charge on any atom is -0.352 e. The van der Waals surface area contributed by atoms with Crippen LogP contribution in [0.25, 0.3) is 0 Å². The number of aryl methyl sites for hydroxylation is 3. The molecule has 6 nitrogen and oxygen atoms in total. The molecule has 0 aromatic carbocycles. The lowest BCUT2D eigenvalue weighted by atomic mass is 10.2. The number of nitrogens with one attached hydrogen (secondary N) is 1. The van der Waals surface area contributed by atoms with Gasteiger partial charge in [-0.3, -0.25) is 4.68 Å². The number of anilines is 1. The topological polar surface area (TPSA) is 50.9 Å². The molecule has 0 aliphatic rings. The highest BCUT2D eigenvalue weighted by molar-refractivity contribution is 5.49. The molecule has 2 rings (SSSR count). The second-order valence-corrected chi connectivity index (χ2v) is 5.10. The van der Waals surface area contributed by atoms with Gasteiger partial charge in [0.05, 0.1) is 12.2 Å². The first-order chi connectivity index (χ1) is 9.54. The Morgan fingerprint density at radius 2 is 2.10 bits per heavy atom. The Bertz CT molecular complexity index is 568. The van der Waals surface area contributed by atoms with Crippen LogP contribution in [0.5, 0.6) is 0 Å². The van der Waals surface area contributed by atoms with E-state index in [2.05, 4.69) is 41.2 Å². The highest BCUT2D eigenvalue weighted by Crippen LogP contribution is 2.23. The van der Waals surface area contributed by atoms with Crippen molar-refractivity contribution in [3.05, 3.63) is 29.5 Å². The summed E-state index contributed by atoms with van der Waals surface area (Å²) in [6, 6.07) is 0. The van der Waals surface area contributed by atoms with E-state index in [9.17, 15) is 0 Å². The molecule has 0 aliphatic carbocycles. The van der Waals surface area contributed by atoms with E-state index >= 15 is 0 Å². The van der Waals surface area contributed by atoms with Crippen LogP contribution in [0.4, 0.5) is 5.82 Å². The van der Waals surface area contributed by atoms with Gasteiger partial charge in [-0.05, 0) is 13.5 Å². The largest absolute Gasteiger partial charge is 0.352 e. The highest BCUT2D eigenvalue weighted by atomic mass is 15.4. The fourth-order valence-corrected chi connectivity index (χ4v) is 2.46. The third-order valence-corrected chi connectivity index (χ3v) is 3.53. The summed E-state index contributed by atoms with van der Waals surface area (Å²) in [6.07, 6.45) is 3.80. The maximum Gasteiger partial charge on any atom is 0.131 e. The summed E-state index contributed by atoms with van der Waals surface area (Å²) in [5.74, 6) is 2.19. The molecule has 110 valence electrons. The van der Waals surface area contributed by atoms with Gasteiger partial charge in [-0.15, -0.1) is 0 Å². The second-order valence-electron chi connectivity index (χ2n) is 5.10. The standard InChI is InChI=1S/C14H24N6/c1-6-15-9-12-11(2)17-20(5)14(12)19(4)10-13-16-7-8-18(13)3/h7-8,15H,6,9-10H2,1-5H3. The fourth-order valence-electron chi connectivity index (χ4n) is 2.46. The first-order valence-corrected chi connectivity index (χ1v) is 6.95. The molecule has 6 heteroatoms. The molecule has 0 atom stereocenters. The lowest BCUT2D eigenvalue weighted by Gasteiger charge is -2.21. The molecule has 1 N–H and O–H groups in total. The van der Waals surface area contributed by atoms with Crippen molar-refractivity contribution < 1.29 is 0 Å². The molecule has 2 heterocycles. The fraction of sp³-hybridized carbons (Fsp3) is 0.571. The average molecular weight is 276 g/mol. The van der Waals surface area contributed by atoms with Crippen molar-refractivity contribution in [2.75, 3.05) is 18.5 Å². The molecule has 0 unspecified atom stereocenters. The van der Waals surface area contributed by atoms with E-state index in [4.69, 9.17) is 0 Å². The van der Waals surface area contributed by atoms with Crippen LogP contribution in [0.1, 0.15) is 24.0 Å². The summed E-state index contributed by atoms with van der Waals surface area (Å²) in [5, 5.41) is 7.93. The number of hydrogen-bond donors (Lipinski definition) is 1. The van der Waals surface area contributed by atoms with Crippen molar-refractivity contribution in [3.63, 3.8) is 0 Å². The number of hydrogen-bond acceptors (Lipinski definition) is 4. The predicted octanol–water partition coefficient (Wildman–Crippen LogP) is 1.21. The van der Waals surface area contributed by atoms with E-state index in [1.807, 2.05) is 35.7 Å². The third-order valence-electron chi connectivity index (χ3n) is 3.53. The van der Waals surface area contributed by atoms with Gasteiger partial charge in [0.2, 0.25) is 0 Å². The van der Waals surface area contributed by atoms with Crippen molar-refractivity contribution in [3.8, 4) is 0 Å². The van der Waals surface area contributed by atoms with E-state index in [1.54, 1.807) is 0 Å². The SMILES string of the molecule is CCNCc1c(C)nn(C)c1N(C)Cc1nccn1C. The quantitative estimate of drug-likeness (QED) is 0.861. The summed E-state index contributed by atoms with van der Waals surface area (Å²) < 4.78 is 3.99. The Kier molecular flexibility index (Phi) is 4.44. The van der Waals surface area contributed by atoms with Crippen LogP contribution in [0.15, 0.2) is 12.4 Å². The number of imidazole rings is 1. The molecule has 2 aromatic heterocycles. The first kappa shape index (κ1) is 14.6. The number of nitrogens with zero attached hydrogens (tertiary/aromatic N) is 5. The smallest absolute Gasteiger partial charge is 0.131 e. The van der Waals surface area contributed by atoms with Gasteiger partial charge in [0.15, 0.2) is 0 Å². The van der Waals surface area contributed by atoms with Gasteiger partial charge < -0.3 is 14.8 Å². The van der Waals surface area contributed by atoms with E-state index in [0.29, 0.717) is 0 Å². The van der Waals surface area contributed by atoms with Gasteiger partial charge in [0.1, 0.15) is 11.6 Å². The van der Waals surface area contributed by atoms with E-state index in [-0.39, 0.29) is 0 Å². The van der Waals surface area contributed by atoms with Crippen LogP contribution in [0.2, 0.25) is 0 Å². The van der Waals surface area contributed by atoms with Crippen LogP contribution in [0.3, 0.4) is 0 Å². The molecule has 0 spiro atoms. The summed E-state index contributed by atoms with van der Waals surface area (Å²) in [7, 11) is 6.09. The molecule has 0 saturated carbocycles. The van der Waals surface area contributed by atoms with Crippen molar-refractivity contribution >= 4 is 5.82 Å². The Morgan fingerprint density at radius 3 is 2.70 bits per heavy atom. The predicted molar refractivity (Wildman–Crippen MR) is 80.6 cm³/mol. The van der Waals surface area contributed by atoms with Crippen LogP contribution in [0, 0.1) is 6.92 Å². The van der Waals surface area contributed by atoms with Crippen LogP contribution in [-0.4, -0.2) is 32.9 Å². The lowest BCUT2D eigenvalue weighted by molar-refractivity contribution is 0.691. The Morgan fingerprint density at radius 1 is 1.35 bits per heavy atom. The molecule has 2 aromatic rings. The molecular weight excluding hydrogens is 252 g/mol. The minimum absolute atomic E-state index is 0.765. The first-order valence-electron chi connectivity index (χ1n) is 6.95. The maximum atomic E-state index is 4.54. The summed E-state index contributed by atoms with van der Waals surface area (Å²) >= 11 is 0. The van der Waals surface area contributed by atoms with Crippen LogP contribution in [-0.2, 0) is 27.2 Å². The Balaban J connectivity index is 2.24. The second kappa shape index (κ2) is 6.09. The van der Waals surface area contributed by atoms with Gasteiger partial charge in [-0.25, -0.2) is 4.98 Å². The summed E-state index contributed by atoms with van der Waals surface area (Å²) in [5.41, 5.74) is 2.33. The average Bonchev–Trinajstić information content (AvgIpc) is 2.91. The van der Waals surface area contributed by atoms with Crippen molar-refractivity contribution in [1.29, 1.82) is 0 Å². The highest BCUT2D eigenvalue weighted by Gasteiger charge is 2.17. The molecule has 20 heavy (non-hydrogen) atoms. The van der Waals surface area contributed by atoms with E-state index in [1.165, 1.54) is 5.56 Å². The third kappa shape index (κ3) is 2.85. The summed E-state index contributed by atoms with van der Waals surface area (Å²) in [4.78, 5) is 6.59. The Labute approximate surface area is 120 Å². The Hall–Kier alpha value is -1.82. The van der Waals surface area contributed by atoms with Gasteiger partial charge in [-0.1, -0.05) is 6.92 Å². The normalized spacial score (nSPS) is 11.1. The van der Waals surface area contributed by atoms with Crippen LogP contribution >= 0.6 is 0 Å². The number of rotatable bonds is 6. The zero-order valence-corrected chi connectivity index (χ0v) is 13.0. The van der Waals surface area contributed by atoms with E-state index in [0.717, 1.165) is 37.0 Å². The van der Waals surface area contributed by atoms with Gasteiger partial charge >= 0.3 is 0 Å². The molecule has 0 bridgehead atoms. The van der Waals surface area contributed by atoms with E-state index < -0.39 is 0 Å². The minimum atomic E-state index is 0.765. The van der Waals surface area contributed by atoms with Gasteiger partial charge in [0.25, 0.3) is 0 Å². The summed E-state index contributed by atoms with van der Waals surface area (Å²) in [6.45, 7) is 6.74. The monoisotopic (exact) mass is 276 g/mol. The molecule has 0 saturated heterocycles. The number of aromatic nitrogens is 4. The van der Waals surface area contributed by atoms with Crippen LogP contribution < -0.4 is 10.2 Å². The van der Waals surface area contributed by atoms with Crippen molar-refractivity contribution in [1.82, 2.24) is 24.6 Å². The zero-order chi connectivity index (χ0) is 14.7. The van der Waals surface area contributed by atoms with Gasteiger partial charge in [0, 0.05) is 45.6 Å². The molecule has 0 amide bonds. The van der Waals surface area contributed by atoms with Crippen molar-refractivity contribution in [2.24, 2.45) is 14.1 Å². The molecule has 0 aliphatic heterocycles. The maximum absolute atomic E-state index is 4.54.